The molecule has 0 bridgehead atoms. The van der Waals surface area contributed by atoms with Gasteiger partial charge in [-0.1, -0.05) is 74.6 Å². The minimum absolute atomic E-state index is 0.000578. The number of benzene rings is 1. The first-order valence-electron chi connectivity index (χ1n) is 15.0. The molecule has 0 aromatic heterocycles. The van der Waals surface area contributed by atoms with E-state index in [1.807, 2.05) is 36.4 Å². The van der Waals surface area contributed by atoms with Crippen LogP contribution in [0.1, 0.15) is 83.1 Å². The Bertz CT molecular complexity index is 913. The Morgan fingerprint density at radius 1 is 1.05 bits per heavy atom. The van der Waals surface area contributed by atoms with Gasteiger partial charge in [-0.2, -0.15) is 0 Å². The SMILES string of the molecule is C=CCCC[C@H](Cc1ccccc1)C(=O)OC[C@H](CC1CCCCC1)NC(=O)[C@H](CC=C)CC(=O)N[C@H](C)CO. The second-order valence-electron chi connectivity index (χ2n) is 11.3. The lowest BCUT2D eigenvalue weighted by molar-refractivity contribution is -0.150. The summed E-state index contributed by atoms with van der Waals surface area (Å²) in [6.45, 7) is 9.20. The Morgan fingerprint density at radius 2 is 1.77 bits per heavy atom. The number of hydrogen-bond donors (Lipinski definition) is 3. The van der Waals surface area contributed by atoms with Crippen molar-refractivity contribution in [3.63, 3.8) is 0 Å². The smallest absolute Gasteiger partial charge is 0.309 e. The summed E-state index contributed by atoms with van der Waals surface area (Å²) in [5, 5.41) is 15.1. The average Bonchev–Trinajstić information content (AvgIpc) is 2.96. The summed E-state index contributed by atoms with van der Waals surface area (Å²) in [6.07, 6.45) is 13.4. The molecule has 1 aliphatic rings. The van der Waals surface area contributed by atoms with E-state index in [2.05, 4.69) is 23.8 Å². The van der Waals surface area contributed by atoms with E-state index in [0.717, 1.165) is 37.7 Å². The largest absolute Gasteiger partial charge is 0.463 e. The molecule has 3 N–H and O–H groups in total. The molecular weight excluding hydrogens is 504 g/mol. The van der Waals surface area contributed by atoms with Crippen LogP contribution in [0.4, 0.5) is 0 Å². The maximum absolute atomic E-state index is 13.3. The summed E-state index contributed by atoms with van der Waals surface area (Å²) in [7, 11) is 0. The third-order valence-corrected chi connectivity index (χ3v) is 7.67. The third-order valence-electron chi connectivity index (χ3n) is 7.67. The van der Waals surface area contributed by atoms with Gasteiger partial charge in [-0.25, -0.2) is 0 Å². The van der Waals surface area contributed by atoms with Crippen molar-refractivity contribution in [1.29, 1.82) is 0 Å². The highest BCUT2D eigenvalue weighted by Crippen LogP contribution is 2.28. The number of aliphatic hydroxyl groups excluding tert-OH is 1. The van der Waals surface area contributed by atoms with Gasteiger partial charge in [0.25, 0.3) is 0 Å². The highest BCUT2D eigenvalue weighted by Gasteiger charge is 2.28. The van der Waals surface area contributed by atoms with Gasteiger partial charge in [-0.05, 0) is 56.9 Å². The van der Waals surface area contributed by atoms with Gasteiger partial charge in [-0.15, -0.1) is 13.2 Å². The number of carbonyl (C=O) groups excluding carboxylic acids is 3. The number of hydrogen-bond acceptors (Lipinski definition) is 5. The highest BCUT2D eigenvalue weighted by atomic mass is 16.5. The maximum atomic E-state index is 13.3. The second-order valence-corrected chi connectivity index (χ2v) is 11.3. The molecule has 0 spiro atoms. The van der Waals surface area contributed by atoms with Gasteiger partial charge >= 0.3 is 5.97 Å². The fraction of sp³-hybridized carbons (Fsp3) is 0.606. The van der Waals surface area contributed by atoms with Crippen LogP contribution in [0.15, 0.2) is 55.6 Å². The van der Waals surface area contributed by atoms with Crippen LogP contribution < -0.4 is 10.6 Å². The lowest BCUT2D eigenvalue weighted by Gasteiger charge is -2.28. The lowest BCUT2D eigenvalue weighted by Crippen LogP contribution is -2.45. The molecule has 1 aromatic rings. The topological polar surface area (TPSA) is 105 Å². The van der Waals surface area contributed by atoms with Crippen molar-refractivity contribution in [3.05, 3.63) is 61.2 Å². The van der Waals surface area contributed by atoms with E-state index in [1.54, 1.807) is 13.0 Å². The van der Waals surface area contributed by atoms with E-state index in [-0.39, 0.29) is 55.4 Å². The Balaban J connectivity index is 2.08. The van der Waals surface area contributed by atoms with E-state index >= 15 is 0 Å². The Hall–Kier alpha value is -2.93. The van der Waals surface area contributed by atoms with Gasteiger partial charge in [0.05, 0.1) is 24.5 Å². The molecule has 40 heavy (non-hydrogen) atoms. The molecular formula is C33H50N2O5. The zero-order valence-corrected chi connectivity index (χ0v) is 24.3. The molecule has 0 unspecified atom stereocenters. The van der Waals surface area contributed by atoms with Crippen LogP contribution in [-0.4, -0.2) is 48.2 Å². The van der Waals surface area contributed by atoms with Crippen LogP contribution in [0.2, 0.25) is 0 Å². The van der Waals surface area contributed by atoms with E-state index in [1.165, 1.54) is 19.3 Å². The molecule has 1 fully saturated rings. The summed E-state index contributed by atoms with van der Waals surface area (Å²) in [5.41, 5.74) is 1.09. The molecule has 2 amide bonds. The standard InChI is InChI=1S/C33H50N2O5/c1-4-6-9-19-29(20-26-15-10-7-11-16-26)33(39)40-24-30(21-27-17-12-8-13-18-27)35-32(38)28(14-5-2)22-31(37)34-25(3)23-36/h4-5,7,10-11,15-16,25,27-30,36H,1-2,6,8-9,12-14,17-24H2,3H3,(H,34,37)(H,35,38)/t25-,28-,29-,30+/m1/s1. The third kappa shape index (κ3) is 12.9. The highest BCUT2D eigenvalue weighted by molar-refractivity contribution is 5.86. The summed E-state index contributed by atoms with van der Waals surface area (Å²) in [5.74, 6) is -1.15. The van der Waals surface area contributed by atoms with E-state index in [4.69, 9.17) is 4.74 Å². The molecule has 1 aliphatic carbocycles. The molecule has 0 heterocycles. The zero-order valence-electron chi connectivity index (χ0n) is 24.3. The maximum Gasteiger partial charge on any atom is 0.309 e. The number of nitrogens with one attached hydrogen (secondary N) is 2. The monoisotopic (exact) mass is 554 g/mol. The van der Waals surface area contributed by atoms with Gasteiger partial charge in [0.15, 0.2) is 0 Å². The van der Waals surface area contributed by atoms with Gasteiger partial charge in [-0.3, -0.25) is 14.4 Å². The van der Waals surface area contributed by atoms with Crippen LogP contribution in [0.3, 0.4) is 0 Å². The fourth-order valence-corrected chi connectivity index (χ4v) is 5.41. The van der Waals surface area contributed by atoms with Crippen LogP contribution in [-0.2, 0) is 25.5 Å². The Labute approximate surface area is 240 Å². The number of ether oxygens (including phenoxy) is 1. The number of unbranched alkanes of at least 4 members (excludes halogenated alkanes) is 1. The van der Waals surface area contributed by atoms with Gasteiger partial charge in [0, 0.05) is 12.5 Å². The Morgan fingerprint density at radius 3 is 2.42 bits per heavy atom. The van der Waals surface area contributed by atoms with Crippen molar-refractivity contribution in [1.82, 2.24) is 10.6 Å². The number of rotatable bonds is 19. The number of esters is 1. The van der Waals surface area contributed by atoms with Crippen molar-refractivity contribution in [3.8, 4) is 0 Å². The van der Waals surface area contributed by atoms with Crippen LogP contribution in [0, 0.1) is 17.8 Å². The fourth-order valence-electron chi connectivity index (χ4n) is 5.41. The Kier molecular flexibility index (Phi) is 16.0. The van der Waals surface area contributed by atoms with Crippen molar-refractivity contribution >= 4 is 17.8 Å². The summed E-state index contributed by atoms with van der Waals surface area (Å²) >= 11 is 0. The summed E-state index contributed by atoms with van der Waals surface area (Å²) in [6, 6.07) is 9.26. The van der Waals surface area contributed by atoms with E-state index in [9.17, 15) is 19.5 Å². The molecule has 0 saturated heterocycles. The molecule has 7 heteroatoms. The molecule has 7 nitrogen and oxygen atoms in total. The minimum atomic E-state index is -0.585. The first-order chi connectivity index (χ1) is 19.4. The predicted octanol–water partition coefficient (Wildman–Crippen LogP) is 5.28. The first-order valence-corrected chi connectivity index (χ1v) is 15.0. The predicted molar refractivity (Wildman–Crippen MR) is 159 cm³/mol. The van der Waals surface area contributed by atoms with Crippen LogP contribution in [0.25, 0.3) is 0 Å². The number of allylic oxidation sites excluding steroid dienone is 2. The molecule has 1 saturated carbocycles. The average molecular weight is 555 g/mol. The normalized spacial score (nSPS) is 16.6. The van der Waals surface area contributed by atoms with Gasteiger partial charge in [0.2, 0.25) is 11.8 Å². The first kappa shape index (κ1) is 33.3. The quantitative estimate of drug-likeness (QED) is 0.123. The molecule has 4 atom stereocenters. The number of carbonyl (C=O) groups is 3. The van der Waals surface area contributed by atoms with Gasteiger partial charge < -0.3 is 20.5 Å². The van der Waals surface area contributed by atoms with E-state index < -0.39 is 5.92 Å². The minimum Gasteiger partial charge on any atom is -0.463 e. The molecule has 0 aliphatic heterocycles. The van der Waals surface area contributed by atoms with Crippen molar-refractivity contribution in [2.24, 2.45) is 17.8 Å². The van der Waals surface area contributed by atoms with Gasteiger partial charge in [0.1, 0.15) is 6.61 Å². The van der Waals surface area contributed by atoms with Crippen molar-refractivity contribution in [2.45, 2.75) is 96.1 Å². The molecule has 2 rings (SSSR count). The number of amides is 2. The molecule has 0 radical (unpaired) electrons. The number of aliphatic hydroxyl groups is 1. The lowest BCUT2D eigenvalue weighted by atomic mass is 9.84. The van der Waals surface area contributed by atoms with Crippen LogP contribution in [0.5, 0.6) is 0 Å². The zero-order chi connectivity index (χ0) is 29.2. The van der Waals surface area contributed by atoms with Crippen molar-refractivity contribution < 1.29 is 24.2 Å². The van der Waals surface area contributed by atoms with Crippen molar-refractivity contribution in [2.75, 3.05) is 13.2 Å². The van der Waals surface area contributed by atoms with E-state index in [0.29, 0.717) is 25.2 Å². The summed E-state index contributed by atoms with van der Waals surface area (Å²) in [4.78, 5) is 39.1. The molecule has 1 aromatic carbocycles. The second kappa shape index (κ2) is 19.2. The summed E-state index contributed by atoms with van der Waals surface area (Å²) < 4.78 is 5.89. The molecule has 222 valence electrons. The van der Waals surface area contributed by atoms with Crippen LogP contribution >= 0.6 is 0 Å².